The highest BCUT2D eigenvalue weighted by Gasteiger charge is 2.04. The molecule has 0 aliphatic rings. The maximum absolute atomic E-state index is 5.55. The molecule has 2 aromatic rings. The van der Waals surface area contributed by atoms with Crippen LogP contribution in [0.3, 0.4) is 0 Å². The summed E-state index contributed by atoms with van der Waals surface area (Å²) >= 11 is 2.29. The molecule has 0 saturated heterocycles. The number of fused-ring (bicyclic) bond motifs is 1. The van der Waals surface area contributed by atoms with Gasteiger partial charge in [-0.2, -0.15) is 0 Å². The van der Waals surface area contributed by atoms with Crippen LogP contribution in [0.1, 0.15) is 11.3 Å². The molecule has 0 aromatic carbocycles. The average Bonchev–Trinajstić information content (AvgIpc) is 2.42. The third-order valence-electron chi connectivity index (χ3n) is 2.03. The first-order valence-electron chi connectivity index (χ1n) is 4.05. The Kier molecular flexibility index (Phi) is 2.25. The number of hydrogen-bond acceptors (Lipinski definition) is 2. The van der Waals surface area contributed by atoms with Crippen LogP contribution in [-0.4, -0.2) is 9.38 Å². The molecule has 2 N–H and O–H groups in total. The number of hydrogen-bond donors (Lipinski definition) is 1. The predicted octanol–water partition coefficient (Wildman–Crippen LogP) is 1.71. The Morgan fingerprint density at radius 1 is 1.62 bits per heavy atom. The first kappa shape index (κ1) is 8.96. The summed E-state index contributed by atoms with van der Waals surface area (Å²) in [6.07, 6.45) is 2.01. The monoisotopic (exact) mass is 287 g/mol. The molecule has 0 unspecified atom stereocenters. The topological polar surface area (TPSA) is 43.3 Å². The number of nitrogens with zero attached hydrogens (tertiary/aromatic N) is 2. The zero-order chi connectivity index (χ0) is 9.42. The summed E-state index contributed by atoms with van der Waals surface area (Å²) in [4.78, 5) is 4.42. The van der Waals surface area contributed by atoms with Crippen LogP contribution in [0.4, 0.5) is 0 Å². The Morgan fingerprint density at radius 2 is 2.38 bits per heavy atom. The van der Waals surface area contributed by atoms with Crippen LogP contribution >= 0.6 is 22.6 Å². The van der Waals surface area contributed by atoms with Gasteiger partial charge in [-0.05, 0) is 47.2 Å². The van der Waals surface area contributed by atoms with Crippen molar-refractivity contribution in [3.05, 3.63) is 33.3 Å². The van der Waals surface area contributed by atoms with Gasteiger partial charge >= 0.3 is 0 Å². The normalized spacial score (nSPS) is 11.0. The molecule has 2 aromatic heterocycles. The number of nitrogens with two attached hydrogens (primary N) is 1. The van der Waals surface area contributed by atoms with Gasteiger partial charge in [-0.3, -0.25) is 4.40 Å². The Hall–Kier alpha value is -0.620. The van der Waals surface area contributed by atoms with Crippen molar-refractivity contribution in [1.29, 1.82) is 0 Å². The minimum Gasteiger partial charge on any atom is -0.326 e. The van der Waals surface area contributed by atoms with E-state index in [0.717, 1.165) is 20.6 Å². The maximum atomic E-state index is 5.55. The molecule has 0 fully saturated rings. The highest BCUT2D eigenvalue weighted by molar-refractivity contribution is 14.1. The Morgan fingerprint density at radius 3 is 3.08 bits per heavy atom. The van der Waals surface area contributed by atoms with Crippen LogP contribution in [0.2, 0.25) is 0 Å². The Balaban J connectivity index is 2.73. The van der Waals surface area contributed by atoms with Crippen molar-refractivity contribution in [2.45, 2.75) is 13.5 Å². The van der Waals surface area contributed by atoms with Crippen LogP contribution in [0.15, 0.2) is 18.3 Å². The zero-order valence-corrected chi connectivity index (χ0v) is 9.45. The second-order valence-corrected chi connectivity index (χ2v) is 3.98. The van der Waals surface area contributed by atoms with Gasteiger partial charge in [0.2, 0.25) is 0 Å². The number of halogens is 1. The summed E-state index contributed by atoms with van der Waals surface area (Å²) in [7, 11) is 0. The van der Waals surface area contributed by atoms with Gasteiger partial charge in [0, 0.05) is 12.7 Å². The van der Waals surface area contributed by atoms with E-state index in [1.807, 2.05) is 25.3 Å². The number of imidazole rings is 1. The fourth-order valence-corrected chi connectivity index (χ4v) is 1.83. The van der Waals surface area contributed by atoms with Crippen molar-refractivity contribution in [1.82, 2.24) is 9.38 Å². The van der Waals surface area contributed by atoms with Crippen molar-refractivity contribution < 1.29 is 0 Å². The summed E-state index contributed by atoms with van der Waals surface area (Å²) < 4.78 is 3.23. The molecule has 4 heteroatoms. The SMILES string of the molecule is Cc1nc2cc(CN)ccn2c1I. The van der Waals surface area contributed by atoms with E-state index in [4.69, 9.17) is 5.73 Å². The van der Waals surface area contributed by atoms with Crippen molar-refractivity contribution in [2.75, 3.05) is 0 Å². The minimum atomic E-state index is 0.568. The summed E-state index contributed by atoms with van der Waals surface area (Å²) in [5.74, 6) is 0. The second-order valence-electron chi connectivity index (χ2n) is 2.96. The van der Waals surface area contributed by atoms with E-state index >= 15 is 0 Å². The number of aromatic nitrogens is 2. The molecule has 0 aliphatic heterocycles. The third-order valence-corrected chi connectivity index (χ3v) is 3.33. The summed E-state index contributed by atoms with van der Waals surface area (Å²) in [5, 5.41) is 0. The van der Waals surface area contributed by atoms with Crippen molar-refractivity contribution in [3.8, 4) is 0 Å². The lowest BCUT2D eigenvalue weighted by molar-refractivity contribution is 1.04. The molecule has 0 amide bonds. The van der Waals surface area contributed by atoms with Gasteiger partial charge in [-0.15, -0.1) is 0 Å². The summed E-state index contributed by atoms with van der Waals surface area (Å²) in [5.41, 5.74) is 8.71. The fraction of sp³-hybridized carbons (Fsp3) is 0.222. The average molecular weight is 287 g/mol. The standard InChI is InChI=1S/C9H10IN3/c1-6-9(10)13-3-2-7(5-11)4-8(13)12-6/h2-4H,5,11H2,1H3. The third kappa shape index (κ3) is 1.44. The number of rotatable bonds is 1. The first-order chi connectivity index (χ1) is 6.22. The van der Waals surface area contributed by atoms with Gasteiger partial charge in [-0.25, -0.2) is 4.98 Å². The van der Waals surface area contributed by atoms with Crippen LogP contribution in [0, 0.1) is 10.6 Å². The molecule has 13 heavy (non-hydrogen) atoms. The number of pyridine rings is 1. The van der Waals surface area contributed by atoms with Crippen LogP contribution in [0.5, 0.6) is 0 Å². The van der Waals surface area contributed by atoms with E-state index in [0.29, 0.717) is 6.54 Å². The molecule has 0 aliphatic carbocycles. The Labute approximate surface area is 90.1 Å². The smallest absolute Gasteiger partial charge is 0.138 e. The molecule has 0 bridgehead atoms. The Bertz CT molecular complexity index is 447. The van der Waals surface area contributed by atoms with E-state index in [1.54, 1.807) is 0 Å². The zero-order valence-electron chi connectivity index (χ0n) is 7.29. The van der Waals surface area contributed by atoms with Gasteiger partial charge in [-0.1, -0.05) is 0 Å². The molecule has 68 valence electrons. The lowest BCUT2D eigenvalue weighted by Crippen LogP contribution is -1.97. The molecule has 0 radical (unpaired) electrons. The molecule has 2 rings (SSSR count). The van der Waals surface area contributed by atoms with E-state index in [9.17, 15) is 0 Å². The van der Waals surface area contributed by atoms with Gasteiger partial charge in [0.1, 0.15) is 9.35 Å². The van der Waals surface area contributed by atoms with Crippen LogP contribution < -0.4 is 5.73 Å². The fourth-order valence-electron chi connectivity index (χ4n) is 1.30. The van der Waals surface area contributed by atoms with Gasteiger partial charge in [0.25, 0.3) is 0 Å². The quantitative estimate of drug-likeness (QED) is 0.811. The van der Waals surface area contributed by atoms with Gasteiger partial charge in [0.15, 0.2) is 0 Å². The molecule has 2 heterocycles. The molecule has 0 atom stereocenters. The van der Waals surface area contributed by atoms with Crippen LogP contribution in [-0.2, 0) is 6.54 Å². The van der Waals surface area contributed by atoms with E-state index < -0.39 is 0 Å². The van der Waals surface area contributed by atoms with E-state index in [2.05, 4.69) is 32.0 Å². The van der Waals surface area contributed by atoms with Crippen molar-refractivity contribution in [2.24, 2.45) is 5.73 Å². The van der Waals surface area contributed by atoms with Crippen molar-refractivity contribution >= 4 is 28.2 Å². The van der Waals surface area contributed by atoms with E-state index in [1.165, 1.54) is 0 Å². The lowest BCUT2D eigenvalue weighted by Gasteiger charge is -1.98. The molecular weight excluding hydrogens is 277 g/mol. The van der Waals surface area contributed by atoms with Gasteiger partial charge in [0.05, 0.1) is 5.69 Å². The highest BCUT2D eigenvalue weighted by atomic mass is 127. The van der Waals surface area contributed by atoms with E-state index in [-0.39, 0.29) is 0 Å². The summed E-state index contributed by atoms with van der Waals surface area (Å²) in [6, 6.07) is 4.05. The molecule has 0 spiro atoms. The number of aryl methyl sites for hydroxylation is 1. The van der Waals surface area contributed by atoms with Crippen LogP contribution in [0.25, 0.3) is 5.65 Å². The molecule has 0 saturated carbocycles. The summed E-state index contributed by atoms with van der Waals surface area (Å²) in [6.45, 7) is 2.58. The first-order valence-corrected chi connectivity index (χ1v) is 5.13. The maximum Gasteiger partial charge on any atom is 0.138 e. The largest absolute Gasteiger partial charge is 0.326 e. The highest BCUT2D eigenvalue weighted by Crippen LogP contribution is 2.14. The van der Waals surface area contributed by atoms with Gasteiger partial charge < -0.3 is 5.73 Å². The minimum absolute atomic E-state index is 0.568. The molecular formula is C9H10IN3. The molecule has 3 nitrogen and oxygen atoms in total. The van der Waals surface area contributed by atoms with Crippen molar-refractivity contribution in [3.63, 3.8) is 0 Å². The lowest BCUT2D eigenvalue weighted by atomic mass is 10.3. The predicted molar refractivity (Wildman–Crippen MR) is 60.5 cm³/mol. The second kappa shape index (κ2) is 3.26.